The minimum Gasteiger partial charge on any atom is -0.414 e. The second-order valence-electron chi connectivity index (χ2n) is 3.77. The number of nitrogens with two attached hydrogens (primary N) is 1. The van der Waals surface area contributed by atoms with Crippen LogP contribution in [0, 0.1) is 0 Å². The van der Waals surface area contributed by atoms with Crippen molar-refractivity contribution in [2.75, 3.05) is 0 Å². The predicted molar refractivity (Wildman–Crippen MR) is 55.5 cm³/mol. The minimum absolute atomic E-state index is 0.158. The first-order chi connectivity index (χ1) is 6.67. The fourth-order valence-corrected chi connectivity index (χ4v) is 2.25. The van der Waals surface area contributed by atoms with Gasteiger partial charge in [-0.2, -0.15) is 0 Å². The topological polar surface area (TPSA) is 56.2 Å². The maximum atomic E-state index is 11.0. The van der Waals surface area contributed by atoms with Crippen LogP contribution >= 0.6 is 11.3 Å². The van der Waals surface area contributed by atoms with E-state index in [9.17, 15) is 4.79 Å². The molecule has 0 bridgehead atoms. The van der Waals surface area contributed by atoms with Crippen LogP contribution in [0.5, 0.6) is 0 Å². The summed E-state index contributed by atoms with van der Waals surface area (Å²) >= 11 is 1.13. The Bertz CT molecular complexity index is 550. The first-order valence-corrected chi connectivity index (χ1v) is 5.32. The van der Waals surface area contributed by atoms with Gasteiger partial charge in [0.15, 0.2) is 0 Å². The highest BCUT2D eigenvalue weighted by Crippen LogP contribution is 2.43. The lowest BCUT2D eigenvalue weighted by molar-refractivity contribution is 0.584. The normalized spacial score (nSPS) is 18.6. The van der Waals surface area contributed by atoms with Crippen molar-refractivity contribution in [1.29, 1.82) is 0 Å². The Morgan fingerprint density at radius 3 is 2.93 bits per heavy atom. The van der Waals surface area contributed by atoms with Gasteiger partial charge in [-0.3, -0.25) is 0 Å². The van der Waals surface area contributed by atoms with Crippen LogP contribution in [0.15, 0.2) is 27.4 Å². The molecule has 0 aliphatic heterocycles. The zero-order valence-electron chi connectivity index (χ0n) is 7.45. The van der Waals surface area contributed by atoms with E-state index in [1.165, 1.54) is 0 Å². The van der Waals surface area contributed by atoms with Crippen LogP contribution in [0.4, 0.5) is 0 Å². The summed E-state index contributed by atoms with van der Waals surface area (Å²) < 4.78 is 5.93. The monoisotopic (exact) mass is 207 g/mol. The van der Waals surface area contributed by atoms with Crippen LogP contribution in [0.25, 0.3) is 10.3 Å². The van der Waals surface area contributed by atoms with Gasteiger partial charge < -0.3 is 10.2 Å². The Hall–Kier alpha value is -1.13. The van der Waals surface area contributed by atoms with Crippen molar-refractivity contribution in [1.82, 2.24) is 0 Å². The number of hydrogen-bond donors (Lipinski definition) is 1. The molecule has 1 saturated carbocycles. The van der Waals surface area contributed by atoms with E-state index in [4.69, 9.17) is 10.2 Å². The Kier molecular flexibility index (Phi) is 1.44. The Labute approximate surface area is 84.1 Å². The lowest BCUT2D eigenvalue weighted by Crippen LogP contribution is -2.18. The van der Waals surface area contributed by atoms with E-state index in [0.717, 1.165) is 34.4 Å². The molecule has 3 rings (SSSR count). The van der Waals surface area contributed by atoms with E-state index >= 15 is 0 Å². The smallest absolute Gasteiger partial charge is 0.396 e. The van der Waals surface area contributed by atoms with E-state index in [0.29, 0.717) is 5.58 Å². The van der Waals surface area contributed by atoms with Gasteiger partial charge in [-0.15, -0.1) is 0 Å². The highest BCUT2D eigenvalue weighted by molar-refractivity contribution is 7.16. The zero-order valence-corrected chi connectivity index (χ0v) is 8.26. The van der Waals surface area contributed by atoms with Gasteiger partial charge >= 0.3 is 4.94 Å². The van der Waals surface area contributed by atoms with Gasteiger partial charge in [-0.1, -0.05) is 17.4 Å². The van der Waals surface area contributed by atoms with E-state index in [-0.39, 0.29) is 10.5 Å². The Morgan fingerprint density at radius 1 is 1.43 bits per heavy atom. The van der Waals surface area contributed by atoms with Crippen molar-refractivity contribution in [2.24, 2.45) is 5.73 Å². The number of rotatable bonds is 1. The van der Waals surface area contributed by atoms with Crippen LogP contribution in [0.1, 0.15) is 18.4 Å². The molecule has 0 radical (unpaired) electrons. The summed E-state index contributed by atoms with van der Waals surface area (Å²) in [4.78, 5) is 10.7. The first kappa shape index (κ1) is 8.20. The SMILES string of the molecule is NC1(c2ccc3sc(=O)oc3c2)CC1. The third-order valence-corrected chi connectivity index (χ3v) is 3.50. The average Bonchev–Trinajstić information content (AvgIpc) is 2.79. The van der Waals surface area contributed by atoms with E-state index in [1.807, 2.05) is 18.2 Å². The molecule has 0 atom stereocenters. The van der Waals surface area contributed by atoms with Gasteiger partial charge in [0.2, 0.25) is 0 Å². The third kappa shape index (κ3) is 1.11. The lowest BCUT2D eigenvalue weighted by Gasteiger charge is -2.07. The second kappa shape index (κ2) is 2.46. The maximum Gasteiger partial charge on any atom is 0.396 e. The number of hydrogen-bond acceptors (Lipinski definition) is 4. The van der Waals surface area contributed by atoms with Crippen molar-refractivity contribution in [3.05, 3.63) is 33.5 Å². The van der Waals surface area contributed by atoms with Crippen LogP contribution < -0.4 is 10.7 Å². The molecular weight excluding hydrogens is 198 g/mol. The average molecular weight is 207 g/mol. The van der Waals surface area contributed by atoms with Gasteiger partial charge in [0, 0.05) is 5.54 Å². The molecule has 1 aliphatic rings. The van der Waals surface area contributed by atoms with Crippen molar-refractivity contribution in [2.45, 2.75) is 18.4 Å². The summed E-state index contributed by atoms with van der Waals surface area (Å²) in [7, 11) is 0. The number of fused-ring (bicyclic) bond motifs is 1. The fourth-order valence-electron chi connectivity index (χ4n) is 1.61. The molecule has 1 heterocycles. The van der Waals surface area contributed by atoms with E-state index in [2.05, 4.69) is 0 Å². The Morgan fingerprint density at radius 2 is 2.21 bits per heavy atom. The summed E-state index contributed by atoms with van der Waals surface area (Å²) in [5.74, 6) is 0. The summed E-state index contributed by atoms with van der Waals surface area (Å²) in [5.41, 5.74) is 7.63. The summed E-state index contributed by atoms with van der Waals surface area (Å²) in [5, 5.41) is 0. The molecule has 1 aromatic carbocycles. The molecule has 1 aromatic heterocycles. The van der Waals surface area contributed by atoms with E-state index < -0.39 is 0 Å². The first-order valence-electron chi connectivity index (χ1n) is 4.50. The molecule has 4 heteroatoms. The molecule has 0 amide bonds. The molecule has 1 fully saturated rings. The van der Waals surface area contributed by atoms with Gasteiger partial charge in [0.1, 0.15) is 5.58 Å². The van der Waals surface area contributed by atoms with Crippen molar-refractivity contribution >= 4 is 21.6 Å². The van der Waals surface area contributed by atoms with Crippen molar-refractivity contribution in [3.8, 4) is 0 Å². The van der Waals surface area contributed by atoms with Gasteiger partial charge in [-0.05, 0) is 30.5 Å². The highest BCUT2D eigenvalue weighted by Gasteiger charge is 2.40. The van der Waals surface area contributed by atoms with Crippen LogP contribution in [-0.4, -0.2) is 0 Å². The highest BCUT2D eigenvalue weighted by atomic mass is 32.1. The molecule has 2 aromatic rings. The molecule has 3 nitrogen and oxygen atoms in total. The molecule has 14 heavy (non-hydrogen) atoms. The van der Waals surface area contributed by atoms with Gasteiger partial charge in [0.25, 0.3) is 0 Å². The summed E-state index contributed by atoms with van der Waals surface area (Å²) in [6.45, 7) is 0. The number of benzene rings is 1. The van der Waals surface area contributed by atoms with Crippen molar-refractivity contribution in [3.63, 3.8) is 0 Å². The summed E-state index contributed by atoms with van der Waals surface area (Å²) in [6, 6.07) is 5.79. The molecule has 2 N–H and O–H groups in total. The zero-order chi connectivity index (χ0) is 9.76. The van der Waals surface area contributed by atoms with Crippen LogP contribution in [0.3, 0.4) is 0 Å². The molecule has 1 aliphatic carbocycles. The van der Waals surface area contributed by atoms with Gasteiger partial charge in [0.05, 0.1) is 4.70 Å². The maximum absolute atomic E-state index is 11.0. The quantitative estimate of drug-likeness (QED) is 0.775. The minimum atomic E-state index is -0.251. The second-order valence-corrected chi connectivity index (χ2v) is 4.75. The van der Waals surface area contributed by atoms with Crippen molar-refractivity contribution < 1.29 is 4.42 Å². The third-order valence-electron chi connectivity index (χ3n) is 2.69. The molecular formula is C10H9NO2S. The van der Waals surface area contributed by atoms with Crippen LogP contribution in [-0.2, 0) is 5.54 Å². The molecule has 72 valence electrons. The van der Waals surface area contributed by atoms with Gasteiger partial charge in [-0.25, -0.2) is 4.79 Å². The predicted octanol–water partition coefficient (Wildman–Crippen LogP) is 1.80. The lowest BCUT2D eigenvalue weighted by atomic mass is 10.1. The standard InChI is InChI=1S/C10H9NO2S/c11-10(3-4-10)6-1-2-8-7(5-6)13-9(12)14-8/h1-2,5H,3-4,11H2. The van der Waals surface area contributed by atoms with E-state index in [1.54, 1.807) is 0 Å². The fraction of sp³-hybridized carbons (Fsp3) is 0.300. The summed E-state index contributed by atoms with van der Waals surface area (Å²) in [6.07, 6.45) is 2.04. The largest absolute Gasteiger partial charge is 0.414 e. The van der Waals surface area contributed by atoms with Crippen LogP contribution in [0.2, 0.25) is 0 Å². The molecule has 0 spiro atoms. The molecule has 0 saturated heterocycles. The Balaban J connectivity index is 2.24. The molecule has 0 unspecified atom stereocenters.